The molecule has 0 bridgehead atoms. The van der Waals surface area contributed by atoms with Crippen molar-refractivity contribution in [3.05, 3.63) is 29.6 Å². The molecule has 0 aromatic heterocycles. The first-order valence-corrected chi connectivity index (χ1v) is 4.79. The van der Waals surface area contributed by atoms with Crippen molar-refractivity contribution in [2.75, 3.05) is 6.54 Å². The zero-order chi connectivity index (χ0) is 11.5. The van der Waals surface area contributed by atoms with Crippen molar-refractivity contribution in [2.24, 2.45) is 0 Å². The van der Waals surface area contributed by atoms with Gasteiger partial charge in [0.1, 0.15) is 0 Å². The van der Waals surface area contributed by atoms with Gasteiger partial charge in [-0.2, -0.15) is 0 Å². The number of phenolic OH excluding ortho intramolecular Hbond substituents is 1. The molecular weight excluding hydrogens is 197 g/mol. The molecule has 0 atom stereocenters. The molecule has 0 saturated carbocycles. The molecule has 84 valence electrons. The molecule has 1 aromatic rings. The van der Waals surface area contributed by atoms with E-state index < -0.39 is 11.4 Å². The zero-order valence-corrected chi connectivity index (χ0v) is 8.92. The number of halogens is 1. The Morgan fingerprint density at radius 1 is 1.40 bits per heavy atom. The Morgan fingerprint density at radius 2 is 2.07 bits per heavy atom. The van der Waals surface area contributed by atoms with Gasteiger partial charge in [-0.25, -0.2) is 4.39 Å². The quantitative estimate of drug-likeness (QED) is 0.708. The molecule has 0 spiro atoms. The minimum absolute atomic E-state index is 0.327. The first-order valence-electron chi connectivity index (χ1n) is 4.79. The Balaban J connectivity index is 2.55. The second kappa shape index (κ2) is 4.59. The van der Waals surface area contributed by atoms with Gasteiger partial charge in [0.25, 0.3) is 0 Å². The van der Waals surface area contributed by atoms with E-state index >= 15 is 0 Å². The number of benzene rings is 1. The third-order valence-electron chi connectivity index (χ3n) is 1.94. The van der Waals surface area contributed by atoms with E-state index in [4.69, 9.17) is 0 Å². The Hall–Kier alpha value is -1.13. The number of aromatic hydroxyl groups is 1. The third kappa shape index (κ3) is 3.85. The number of hydrogen-bond acceptors (Lipinski definition) is 3. The summed E-state index contributed by atoms with van der Waals surface area (Å²) >= 11 is 0. The maximum Gasteiger partial charge on any atom is 0.165 e. The molecule has 0 saturated heterocycles. The van der Waals surface area contributed by atoms with Crippen LogP contribution in [0.2, 0.25) is 0 Å². The maximum absolute atomic E-state index is 12.9. The third-order valence-corrected chi connectivity index (χ3v) is 1.94. The molecule has 0 aliphatic heterocycles. The molecule has 4 heteroatoms. The maximum atomic E-state index is 12.9. The second-order valence-corrected chi connectivity index (χ2v) is 4.16. The van der Waals surface area contributed by atoms with Crippen LogP contribution in [0, 0.1) is 5.82 Å². The van der Waals surface area contributed by atoms with Crippen molar-refractivity contribution in [3.8, 4) is 5.75 Å². The number of aliphatic hydroxyl groups is 1. The van der Waals surface area contributed by atoms with Crippen molar-refractivity contribution in [1.29, 1.82) is 0 Å². The lowest BCUT2D eigenvalue weighted by atomic mass is 10.1. The molecule has 0 radical (unpaired) electrons. The van der Waals surface area contributed by atoms with Crippen LogP contribution in [0.15, 0.2) is 18.2 Å². The van der Waals surface area contributed by atoms with Gasteiger partial charge in [-0.05, 0) is 19.9 Å². The van der Waals surface area contributed by atoms with E-state index in [9.17, 15) is 14.6 Å². The van der Waals surface area contributed by atoms with Crippen LogP contribution in [0.3, 0.4) is 0 Å². The molecule has 1 rings (SSSR count). The van der Waals surface area contributed by atoms with Crippen molar-refractivity contribution in [2.45, 2.75) is 26.0 Å². The van der Waals surface area contributed by atoms with Crippen LogP contribution in [-0.4, -0.2) is 22.4 Å². The predicted octanol–water partition coefficient (Wildman–Crippen LogP) is 1.39. The van der Waals surface area contributed by atoms with Crippen molar-refractivity contribution in [1.82, 2.24) is 5.32 Å². The van der Waals surface area contributed by atoms with E-state index in [1.54, 1.807) is 19.9 Å². The molecule has 0 aliphatic rings. The summed E-state index contributed by atoms with van der Waals surface area (Å²) in [6.07, 6.45) is 0. The highest BCUT2D eigenvalue weighted by Gasteiger charge is 2.12. The van der Waals surface area contributed by atoms with E-state index in [2.05, 4.69) is 5.32 Å². The molecule has 0 heterocycles. The van der Waals surface area contributed by atoms with E-state index in [-0.39, 0.29) is 5.75 Å². The SMILES string of the molecule is CC(C)(O)CNCc1cccc(F)c1O. The van der Waals surface area contributed by atoms with Crippen LogP contribution in [0.1, 0.15) is 19.4 Å². The smallest absolute Gasteiger partial charge is 0.165 e. The summed E-state index contributed by atoms with van der Waals surface area (Å²) in [4.78, 5) is 0. The molecule has 0 aliphatic carbocycles. The number of rotatable bonds is 4. The summed E-state index contributed by atoms with van der Waals surface area (Å²) in [5, 5.41) is 21.7. The van der Waals surface area contributed by atoms with Crippen LogP contribution < -0.4 is 5.32 Å². The summed E-state index contributed by atoms with van der Waals surface area (Å²) in [6, 6.07) is 4.38. The standard InChI is InChI=1S/C11H16FNO2/c1-11(2,15)7-13-6-8-4-3-5-9(12)10(8)14/h3-5,13-15H,6-7H2,1-2H3. The first kappa shape index (κ1) is 11.9. The topological polar surface area (TPSA) is 52.5 Å². The van der Waals surface area contributed by atoms with Crippen LogP contribution in [0.5, 0.6) is 5.75 Å². The first-order chi connectivity index (χ1) is 6.90. The predicted molar refractivity (Wildman–Crippen MR) is 56.1 cm³/mol. The van der Waals surface area contributed by atoms with Gasteiger partial charge in [0, 0.05) is 18.7 Å². The highest BCUT2D eigenvalue weighted by Crippen LogP contribution is 2.20. The summed E-state index contributed by atoms with van der Waals surface area (Å²) in [5.41, 5.74) is -0.331. The highest BCUT2D eigenvalue weighted by atomic mass is 19.1. The average molecular weight is 213 g/mol. The molecule has 15 heavy (non-hydrogen) atoms. The average Bonchev–Trinajstić information content (AvgIpc) is 2.10. The van der Waals surface area contributed by atoms with E-state index in [0.29, 0.717) is 18.7 Å². The fourth-order valence-electron chi connectivity index (χ4n) is 1.21. The summed E-state index contributed by atoms with van der Waals surface area (Å²) in [6.45, 7) is 4.05. The minimum Gasteiger partial charge on any atom is -0.505 e. The van der Waals surface area contributed by atoms with Crippen LogP contribution >= 0.6 is 0 Å². The van der Waals surface area contributed by atoms with E-state index in [0.717, 1.165) is 0 Å². The lowest BCUT2D eigenvalue weighted by Crippen LogP contribution is -2.34. The Labute approximate surface area is 88.6 Å². The lowest BCUT2D eigenvalue weighted by molar-refractivity contribution is 0.0794. The fraction of sp³-hybridized carbons (Fsp3) is 0.455. The van der Waals surface area contributed by atoms with Gasteiger partial charge in [0.05, 0.1) is 5.60 Å². The molecule has 0 amide bonds. The van der Waals surface area contributed by atoms with Crippen molar-refractivity contribution >= 4 is 0 Å². The molecule has 1 aromatic carbocycles. The van der Waals surface area contributed by atoms with Gasteiger partial charge >= 0.3 is 0 Å². The van der Waals surface area contributed by atoms with Gasteiger partial charge in [0.15, 0.2) is 11.6 Å². The molecule has 3 N–H and O–H groups in total. The van der Waals surface area contributed by atoms with Crippen LogP contribution in [0.25, 0.3) is 0 Å². The molecular formula is C11H16FNO2. The minimum atomic E-state index is -0.817. The summed E-state index contributed by atoms with van der Waals surface area (Å²) in [5.74, 6) is -0.960. The van der Waals surface area contributed by atoms with E-state index in [1.165, 1.54) is 12.1 Å². The fourth-order valence-corrected chi connectivity index (χ4v) is 1.21. The lowest BCUT2D eigenvalue weighted by Gasteiger charge is -2.17. The van der Waals surface area contributed by atoms with Gasteiger partial charge in [-0.1, -0.05) is 12.1 Å². The number of phenols is 1. The second-order valence-electron chi connectivity index (χ2n) is 4.16. The van der Waals surface area contributed by atoms with Crippen molar-refractivity contribution in [3.63, 3.8) is 0 Å². The normalized spacial score (nSPS) is 11.7. The van der Waals surface area contributed by atoms with Crippen LogP contribution in [0.4, 0.5) is 4.39 Å². The summed E-state index contributed by atoms with van der Waals surface area (Å²) < 4.78 is 12.9. The highest BCUT2D eigenvalue weighted by molar-refractivity contribution is 5.33. The Morgan fingerprint density at radius 3 is 2.67 bits per heavy atom. The van der Waals surface area contributed by atoms with Gasteiger partial charge in [-0.15, -0.1) is 0 Å². The monoisotopic (exact) mass is 213 g/mol. The Bertz CT molecular complexity index is 334. The number of hydrogen-bond donors (Lipinski definition) is 3. The molecule has 0 fully saturated rings. The zero-order valence-electron chi connectivity index (χ0n) is 8.92. The van der Waals surface area contributed by atoms with Gasteiger partial charge < -0.3 is 15.5 Å². The number of nitrogens with one attached hydrogen (secondary N) is 1. The largest absolute Gasteiger partial charge is 0.505 e. The molecule has 3 nitrogen and oxygen atoms in total. The molecule has 0 unspecified atom stereocenters. The van der Waals surface area contributed by atoms with Gasteiger partial charge in [0.2, 0.25) is 0 Å². The van der Waals surface area contributed by atoms with Crippen LogP contribution in [-0.2, 0) is 6.54 Å². The Kier molecular flexibility index (Phi) is 3.66. The van der Waals surface area contributed by atoms with E-state index in [1.807, 2.05) is 0 Å². The number of para-hydroxylation sites is 1. The van der Waals surface area contributed by atoms with Gasteiger partial charge in [-0.3, -0.25) is 0 Å². The van der Waals surface area contributed by atoms with Crippen molar-refractivity contribution < 1.29 is 14.6 Å². The summed E-state index contributed by atoms with van der Waals surface area (Å²) in [7, 11) is 0.